The highest BCUT2D eigenvalue weighted by atomic mass is 16.3. The Kier molecular flexibility index (Phi) is 4.47. The summed E-state index contributed by atoms with van der Waals surface area (Å²) in [5, 5.41) is 13.0. The molecule has 0 aromatic carbocycles. The molecule has 0 aliphatic rings. The molecule has 0 aliphatic heterocycles. The van der Waals surface area contributed by atoms with Gasteiger partial charge in [-0.25, -0.2) is 0 Å². The highest BCUT2D eigenvalue weighted by Gasteiger charge is 2.05. The second-order valence-corrected chi connectivity index (χ2v) is 2.90. The Balaban J connectivity index is 2.35. The van der Waals surface area contributed by atoms with E-state index in [1.807, 2.05) is 6.07 Å². The van der Waals surface area contributed by atoms with E-state index in [1.165, 1.54) is 0 Å². The quantitative estimate of drug-likeness (QED) is 0.336. The molecule has 0 bridgehead atoms. The van der Waals surface area contributed by atoms with Gasteiger partial charge in [0.2, 0.25) is 0 Å². The lowest BCUT2D eigenvalue weighted by Crippen LogP contribution is -1.98. The van der Waals surface area contributed by atoms with Crippen LogP contribution in [0.2, 0.25) is 0 Å². The average Bonchev–Trinajstić information content (AvgIpc) is 2.25. The Hall–Kier alpha value is -1.58. The first-order valence-electron chi connectivity index (χ1n) is 4.43. The summed E-state index contributed by atoms with van der Waals surface area (Å²) < 4.78 is 0. The van der Waals surface area contributed by atoms with Crippen LogP contribution in [0.5, 0.6) is 0 Å². The van der Waals surface area contributed by atoms with Crippen molar-refractivity contribution in [1.29, 1.82) is 0 Å². The standard InChI is InChI=1S/C9H12N4O/c10-13-12-6-2-4-9(14)8-3-1-5-11-7-8/h1,3,5,7,9,14H,2,4,6H2. The lowest BCUT2D eigenvalue weighted by Gasteiger charge is -2.08. The van der Waals surface area contributed by atoms with Gasteiger partial charge in [0.15, 0.2) is 0 Å². The summed E-state index contributed by atoms with van der Waals surface area (Å²) in [6.45, 7) is 0.424. The topological polar surface area (TPSA) is 81.9 Å². The summed E-state index contributed by atoms with van der Waals surface area (Å²) in [5.74, 6) is 0. The molecule has 5 heteroatoms. The first-order valence-corrected chi connectivity index (χ1v) is 4.43. The zero-order valence-electron chi connectivity index (χ0n) is 7.74. The number of aromatic nitrogens is 1. The molecule has 0 saturated carbocycles. The zero-order chi connectivity index (χ0) is 10.2. The molecule has 0 saturated heterocycles. The molecule has 0 spiro atoms. The molecule has 0 aliphatic carbocycles. The van der Waals surface area contributed by atoms with Gasteiger partial charge in [-0.1, -0.05) is 11.2 Å². The van der Waals surface area contributed by atoms with Gasteiger partial charge in [0, 0.05) is 23.9 Å². The van der Waals surface area contributed by atoms with Crippen LogP contribution in [0, 0.1) is 0 Å². The maximum Gasteiger partial charge on any atom is 0.0804 e. The van der Waals surface area contributed by atoms with Crippen molar-refractivity contribution in [2.45, 2.75) is 18.9 Å². The number of hydrogen-bond donors (Lipinski definition) is 1. The third kappa shape index (κ3) is 3.43. The van der Waals surface area contributed by atoms with Crippen LogP contribution < -0.4 is 0 Å². The highest BCUT2D eigenvalue weighted by Crippen LogP contribution is 2.16. The molecule has 5 nitrogen and oxygen atoms in total. The minimum absolute atomic E-state index is 0.424. The lowest BCUT2D eigenvalue weighted by molar-refractivity contribution is 0.165. The molecule has 14 heavy (non-hydrogen) atoms. The third-order valence-electron chi connectivity index (χ3n) is 1.87. The Morgan fingerprint density at radius 1 is 1.64 bits per heavy atom. The fourth-order valence-corrected chi connectivity index (χ4v) is 1.14. The van der Waals surface area contributed by atoms with Crippen LogP contribution in [-0.2, 0) is 0 Å². The van der Waals surface area contributed by atoms with Gasteiger partial charge in [-0.2, -0.15) is 0 Å². The molecule has 1 aromatic heterocycles. The summed E-state index contributed by atoms with van der Waals surface area (Å²) in [6.07, 6.45) is 4.05. The van der Waals surface area contributed by atoms with Crippen molar-refractivity contribution in [2.75, 3.05) is 6.54 Å². The predicted octanol–water partition coefficient (Wildman–Crippen LogP) is 2.21. The van der Waals surface area contributed by atoms with Crippen LogP contribution in [0.4, 0.5) is 0 Å². The largest absolute Gasteiger partial charge is 0.388 e. The Morgan fingerprint density at radius 3 is 3.14 bits per heavy atom. The van der Waals surface area contributed by atoms with Crippen LogP contribution >= 0.6 is 0 Å². The number of aliphatic hydroxyl groups is 1. The van der Waals surface area contributed by atoms with Crippen LogP contribution in [0.25, 0.3) is 10.4 Å². The van der Waals surface area contributed by atoms with Gasteiger partial charge >= 0.3 is 0 Å². The molecule has 0 fully saturated rings. The van der Waals surface area contributed by atoms with Crippen molar-refractivity contribution in [3.8, 4) is 0 Å². The first-order chi connectivity index (χ1) is 6.84. The van der Waals surface area contributed by atoms with E-state index in [0.29, 0.717) is 19.4 Å². The molecule has 74 valence electrons. The second-order valence-electron chi connectivity index (χ2n) is 2.90. The molecular formula is C9H12N4O. The monoisotopic (exact) mass is 192 g/mol. The zero-order valence-corrected chi connectivity index (χ0v) is 7.74. The molecule has 1 N–H and O–H groups in total. The fraction of sp³-hybridized carbons (Fsp3) is 0.444. The van der Waals surface area contributed by atoms with Crippen LogP contribution in [0.3, 0.4) is 0 Å². The number of aliphatic hydroxyl groups excluding tert-OH is 1. The van der Waals surface area contributed by atoms with E-state index in [4.69, 9.17) is 5.53 Å². The van der Waals surface area contributed by atoms with E-state index in [-0.39, 0.29) is 0 Å². The van der Waals surface area contributed by atoms with Gasteiger partial charge in [-0.05, 0) is 30.0 Å². The summed E-state index contributed by atoms with van der Waals surface area (Å²) in [7, 11) is 0. The van der Waals surface area contributed by atoms with Crippen molar-refractivity contribution >= 4 is 0 Å². The highest BCUT2D eigenvalue weighted by molar-refractivity contribution is 5.11. The number of rotatable bonds is 5. The number of nitrogens with zero attached hydrogens (tertiary/aromatic N) is 4. The molecule has 1 rings (SSSR count). The SMILES string of the molecule is [N-]=[N+]=NCCCC(O)c1cccnc1. The van der Waals surface area contributed by atoms with Crippen molar-refractivity contribution in [3.05, 3.63) is 40.5 Å². The third-order valence-corrected chi connectivity index (χ3v) is 1.87. The van der Waals surface area contributed by atoms with Gasteiger partial charge in [0.05, 0.1) is 6.10 Å². The number of pyridine rings is 1. The van der Waals surface area contributed by atoms with E-state index in [1.54, 1.807) is 18.5 Å². The number of hydrogen-bond acceptors (Lipinski definition) is 3. The Labute approximate surface area is 82.0 Å². The van der Waals surface area contributed by atoms with E-state index in [2.05, 4.69) is 15.0 Å². The molecular weight excluding hydrogens is 180 g/mol. The normalized spacial score (nSPS) is 11.8. The lowest BCUT2D eigenvalue weighted by atomic mass is 10.1. The summed E-state index contributed by atoms with van der Waals surface area (Å²) in [6, 6.07) is 3.61. The first kappa shape index (κ1) is 10.5. The molecule has 1 heterocycles. The van der Waals surface area contributed by atoms with Crippen LogP contribution in [0.15, 0.2) is 29.6 Å². The molecule has 0 amide bonds. The average molecular weight is 192 g/mol. The molecule has 0 radical (unpaired) electrons. The van der Waals surface area contributed by atoms with E-state index >= 15 is 0 Å². The van der Waals surface area contributed by atoms with Gasteiger partial charge in [0.1, 0.15) is 0 Å². The fourth-order valence-electron chi connectivity index (χ4n) is 1.14. The van der Waals surface area contributed by atoms with Crippen molar-refractivity contribution < 1.29 is 5.11 Å². The smallest absolute Gasteiger partial charge is 0.0804 e. The van der Waals surface area contributed by atoms with Crippen molar-refractivity contribution in [3.63, 3.8) is 0 Å². The van der Waals surface area contributed by atoms with Crippen LogP contribution in [0.1, 0.15) is 24.5 Å². The predicted molar refractivity (Wildman–Crippen MR) is 52.4 cm³/mol. The maximum atomic E-state index is 9.65. The van der Waals surface area contributed by atoms with Gasteiger partial charge < -0.3 is 5.11 Å². The van der Waals surface area contributed by atoms with Gasteiger partial charge in [0.25, 0.3) is 0 Å². The molecule has 1 aromatic rings. The van der Waals surface area contributed by atoms with Gasteiger partial charge in [-0.3, -0.25) is 4.98 Å². The molecule has 1 atom stereocenters. The minimum atomic E-state index is -0.516. The summed E-state index contributed by atoms with van der Waals surface area (Å²) in [4.78, 5) is 6.54. The van der Waals surface area contributed by atoms with E-state index < -0.39 is 6.10 Å². The minimum Gasteiger partial charge on any atom is -0.388 e. The van der Waals surface area contributed by atoms with Crippen molar-refractivity contribution in [1.82, 2.24) is 4.98 Å². The van der Waals surface area contributed by atoms with Crippen molar-refractivity contribution in [2.24, 2.45) is 5.11 Å². The molecule has 1 unspecified atom stereocenters. The van der Waals surface area contributed by atoms with E-state index in [0.717, 1.165) is 5.56 Å². The number of azide groups is 1. The Morgan fingerprint density at radius 2 is 2.50 bits per heavy atom. The summed E-state index contributed by atoms with van der Waals surface area (Å²) >= 11 is 0. The summed E-state index contributed by atoms with van der Waals surface area (Å²) in [5.41, 5.74) is 8.83. The Bertz CT molecular complexity index is 308. The van der Waals surface area contributed by atoms with Gasteiger partial charge in [-0.15, -0.1) is 0 Å². The second kappa shape index (κ2) is 5.96. The van der Waals surface area contributed by atoms with E-state index in [9.17, 15) is 5.11 Å². The van der Waals surface area contributed by atoms with Crippen LogP contribution in [-0.4, -0.2) is 16.6 Å². The maximum absolute atomic E-state index is 9.65.